The fraction of sp³-hybridized carbons (Fsp3) is 0.250. The van der Waals surface area contributed by atoms with Crippen molar-refractivity contribution in [3.63, 3.8) is 0 Å². The lowest BCUT2D eigenvalue weighted by molar-refractivity contribution is 0.0950. The predicted molar refractivity (Wildman–Crippen MR) is 87.6 cm³/mol. The minimum Gasteiger partial charge on any atom is -0.459 e. The Kier molecular flexibility index (Phi) is 5.11. The van der Waals surface area contributed by atoms with Crippen molar-refractivity contribution in [3.8, 4) is 0 Å². The van der Waals surface area contributed by atoms with Crippen LogP contribution >= 0.6 is 12.2 Å². The topological polar surface area (TPSA) is 54.3 Å². The van der Waals surface area contributed by atoms with E-state index in [9.17, 15) is 4.79 Å². The van der Waals surface area contributed by atoms with E-state index in [4.69, 9.17) is 16.6 Å². The van der Waals surface area contributed by atoms with Gasteiger partial charge in [-0.25, -0.2) is 0 Å². The molecule has 0 saturated carbocycles. The minimum absolute atomic E-state index is 0.235. The lowest BCUT2D eigenvalue weighted by Crippen LogP contribution is -2.34. The SMILES string of the molecule is CCc1cccc(CC)c1NC(=S)NC(=O)c1ccco1. The second kappa shape index (κ2) is 7.04. The standard InChI is InChI=1S/C16H18N2O2S/c1-3-11-7-5-8-12(4-2)14(11)17-16(21)18-15(19)13-9-6-10-20-13/h5-10H,3-4H2,1-2H3,(H2,17,18,19,21). The highest BCUT2D eigenvalue weighted by Gasteiger charge is 2.12. The lowest BCUT2D eigenvalue weighted by Gasteiger charge is -2.16. The van der Waals surface area contributed by atoms with Crippen LogP contribution in [0.3, 0.4) is 0 Å². The van der Waals surface area contributed by atoms with Crippen LogP contribution in [-0.4, -0.2) is 11.0 Å². The van der Waals surface area contributed by atoms with E-state index in [1.54, 1.807) is 12.1 Å². The maximum Gasteiger partial charge on any atom is 0.293 e. The molecule has 110 valence electrons. The van der Waals surface area contributed by atoms with Gasteiger partial charge in [-0.1, -0.05) is 32.0 Å². The number of carbonyl (C=O) groups is 1. The van der Waals surface area contributed by atoms with Gasteiger partial charge in [0.1, 0.15) is 0 Å². The van der Waals surface area contributed by atoms with Gasteiger partial charge >= 0.3 is 0 Å². The molecule has 2 aromatic rings. The molecule has 1 amide bonds. The number of carbonyl (C=O) groups excluding carboxylic acids is 1. The highest BCUT2D eigenvalue weighted by molar-refractivity contribution is 7.80. The summed E-state index contributed by atoms with van der Waals surface area (Å²) in [4.78, 5) is 11.9. The van der Waals surface area contributed by atoms with E-state index in [-0.39, 0.29) is 16.8 Å². The Labute approximate surface area is 129 Å². The number of amides is 1. The molecule has 1 heterocycles. The summed E-state index contributed by atoms with van der Waals surface area (Å²) in [6, 6.07) is 9.40. The Morgan fingerprint density at radius 2 is 1.81 bits per heavy atom. The number of thiocarbonyl (C=S) groups is 1. The van der Waals surface area contributed by atoms with E-state index in [0.717, 1.165) is 18.5 Å². The fourth-order valence-corrected chi connectivity index (χ4v) is 2.32. The molecule has 5 heteroatoms. The third kappa shape index (κ3) is 3.70. The highest BCUT2D eigenvalue weighted by atomic mass is 32.1. The van der Waals surface area contributed by atoms with Crippen molar-refractivity contribution in [2.24, 2.45) is 0 Å². The van der Waals surface area contributed by atoms with Gasteiger partial charge in [0.15, 0.2) is 10.9 Å². The number of hydrogen-bond donors (Lipinski definition) is 2. The molecule has 0 aliphatic carbocycles. The average Bonchev–Trinajstić information content (AvgIpc) is 3.01. The summed E-state index contributed by atoms with van der Waals surface area (Å²) in [5, 5.41) is 6.02. The maximum absolute atomic E-state index is 11.9. The van der Waals surface area contributed by atoms with Crippen LogP contribution in [0, 0.1) is 0 Å². The van der Waals surface area contributed by atoms with Crippen LogP contribution in [0.5, 0.6) is 0 Å². The zero-order chi connectivity index (χ0) is 15.2. The first-order chi connectivity index (χ1) is 10.2. The third-order valence-electron chi connectivity index (χ3n) is 3.21. The number of rotatable bonds is 4. The molecule has 21 heavy (non-hydrogen) atoms. The van der Waals surface area contributed by atoms with Crippen molar-refractivity contribution in [1.82, 2.24) is 5.32 Å². The quantitative estimate of drug-likeness (QED) is 0.848. The van der Waals surface area contributed by atoms with E-state index in [1.807, 2.05) is 6.07 Å². The number of benzene rings is 1. The van der Waals surface area contributed by atoms with Crippen LogP contribution in [-0.2, 0) is 12.8 Å². The average molecular weight is 302 g/mol. The van der Waals surface area contributed by atoms with E-state index in [1.165, 1.54) is 17.4 Å². The summed E-state index contributed by atoms with van der Waals surface area (Å²) >= 11 is 5.22. The number of nitrogens with one attached hydrogen (secondary N) is 2. The summed E-state index contributed by atoms with van der Waals surface area (Å²) in [5.74, 6) is -0.122. The summed E-state index contributed by atoms with van der Waals surface area (Å²) in [6.07, 6.45) is 3.24. The number of aryl methyl sites for hydroxylation is 2. The smallest absolute Gasteiger partial charge is 0.293 e. The van der Waals surface area contributed by atoms with Gasteiger partial charge in [0.25, 0.3) is 5.91 Å². The molecule has 2 rings (SSSR count). The summed E-state index contributed by atoms with van der Waals surface area (Å²) in [6.45, 7) is 4.18. The van der Waals surface area contributed by atoms with Gasteiger partial charge in [-0.05, 0) is 48.3 Å². The zero-order valence-corrected chi connectivity index (χ0v) is 12.9. The Morgan fingerprint density at radius 3 is 2.33 bits per heavy atom. The van der Waals surface area contributed by atoms with Gasteiger partial charge in [0, 0.05) is 5.69 Å². The van der Waals surface area contributed by atoms with Gasteiger partial charge < -0.3 is 9.73 Å². The molecule has 2 N–H and O–H groups in total. The summed E-state index contributed by atoms with van der Waals surface area (Å²) in [5.41, 5.74) is 3.32. The Morgan fingerprint density at radius 1 is 1.14 bits per heavy atom. The lowest BCUT2D eigenvalue weighted by atomic mass is 10.0. The molecule has 0 spiro atoms. The van der Waals surface area contributed by atoms with Crippen LogP contribution in [0.1, 0.15) is 35.5 Å². The maximum atomic E-state index is 11.9. The van der Waals surface area contributed by atoms with Gasteiger partial charge in [-0.2, -0.15) is 0 Å². The molecular weight excluding hydrogens is 284 g/mol. The monoisotopic (exact) mass is 302 g/mol. The third-order valence-corrected chi connectivity index (χ3v) is 3.41. The van der Waals surface area contributed by atoms with Crippen molar-refractivity contribution in [2.75, 3.05) is 5.32 Å². The molecule has 0 saturated heterocycles. The molecule has 0 aliphatic rings. The first-order valence-corrected chi connectivity index (χ1v) is 7.33. The van der Waals surface area contributed by atoms with E-state index < -0.39 is 0 Å². The molecule has 0 aliphatic heterocycles. The first kappa shape index (κ1) is 15.3. The molecule has 1 aromatic carbocycles. The summed E-state index contributed by atoms with van der Waals surface area (Å²) in [7, 11) is 0. The van der Waals surface area contributed by atoms with E-state index >= 15 is 0 Å². The number of furan rings is 1. The number of hydrogen-bond acceptors (Lipinski definition) is 3. The Balaban J connectivity index is 2.11. The first-order valence-electron chi connectivity index (χ1n) is 6.92. The van der Waals surface area contributed by atoms with Gasteiger partial charge in [-0.3, -0.25) is 10.1 Å². The molecular formula is C16H18N2O2S. The molecule has 4 nitrogen and oxygen atoms in total. The van der Waals surface area contributed by atoms with Crippen molar-refractivity contribution >= 4 is 28.9 Å². The van der Waals surface area contributed by atoms with Gasteiger partial charge in [0.05, 0.1) is 6.26 Å². The largest absolute Gasteiger partial charge is 0.459 e. The molecule has 0 atom stereocenters. The molecule has 0 bridgehead atoms. The number of para-hydroxylation sites is 1. The van der Waals surface area contributed by atoms with Crippen molar-refractivity contribution in [3.05, 3.63) is 53.5 Å². The van der Waals surface area contributed by atoms with E-state index in [2.05, 4.69) is 36.6 Å². The Hall–Kier alpha value is -2.14. The minimum atomic E-state index is -0.357. The van der Waals surface area contributed by atoms with Crippen LogP contribution in [0.2, 0.25) is 0 Å². The fourth-order valence-electron chi connectivity index (χ4n) is 2.12. The molecule has 0 fully saturated rings. The summed E-state index contributed by atoms with van der Waals surface area (Å²) < 4.78 is 5.04. The van der Waals surface area contributed by atoms with Crippen molar-refractivity contribution in [2.45, 2.75) is 26.7 Å². The normalized spacial score (nSPS) is 10.2. The second-order valence-electron chi connectivity index (χ2n) is 4.54. The van der Waals surface area contributed by atoms with Gasteiger partial charge in [0.2, 0.25) is 0 Å². The van der Waals surface area contributed by atoms with Crippen LogP contribution < -0.4 is 10.6 Å². The van der Waals surface area contributed by atoms with Crippen LogP contribution in [0.15, 0.2) is 41.0 Å². The van der Waals surface area contributed by atoms with Crippen LogP contribution in [0.4, 0.5) is 5.69 Å². The predicted octanol–water partition coefficient (Wildman–Crippen LogP) is 3.53. The number of anilines is 1. The molecule has 0 radical (unpaired) electrons. The highest BCUT2D eigenvalue weighted by Crippen LogP contribution is 2.22. The van der Waals surface area contributed by atoms with Crippen molar-refractivity contribution < 1.29 is 9.21 Å². The van der Waals surface area contributed by atoms with Crippen molar-refractivity contribution in [1.29, 1.82) is 0 Å². The van der Waals surface area contributed by atoms with Gasteiger partial charge in [-0.15, -0.1) is 0 Å². The zero-order valence-electron chi connectivity index (χ0n) is 12.1. The van der Waals surface area contributed by atoms with E-state index in [0.29, 0.717) is 0 Å². The molecule has 1 aromatic heterocycles. The molecule has 0 unspecified atom stereocenters. The second-order valence-corrected chi connectivity index (χ2v) is 4.95. The Bertz CT molecular complexity index is 613. The van der Waals surface area contributed by atoms with Crippen LogP contribution in [0.25, 0.3) is 0 Å².